The van der Waals surface area contributed by atoms with Crippen LogP contribution in [0.25, 0.3) is 0 Å². The van der Waals surface area contributed by atoms with E-state index in [4.69, 9.17) is 4.74 Å². The molecule has 1 unspecified atom stereocenters. The van der Waals surface area contributed by atoms with Crippen molar-refractivity contribution in [2.45, 2.75) is 19.6 Å². The lowest BCUT2D eigenvalue weighted by molar-refractivity contribution is 0.0642. The van der Waals surface area contributed by atoms with Crippen LogP contribution in [0.4, 0.5) is 0 Å². The molecule has 6 nitrogen and oxygen atoms in total. The van der Waals surface area contributed by atoms with E-state index in [9.17, 15) is 5.11 Å². The third-order valence-corrected chi connectivity index (χ3v) is 2.20. The number of ether oxygens (including phenoxy) is 1. The second kappa shape index (κ2) is 5.79. The Labute approximate surface area is 89.3 Å². The molecule has 0 aliphatic rings. The van der Waals surface area contributed by atoms with E-state index in [2.05, 4.69) is 15.5 Å². The lowest BCUT2D eigenvalue weighted by Crippen LogP contribution is -2.30. The molecule has 1 rings (SSSR count). The zero-order chi connectivity index (χ0) is 11.3. The van der Waals surface area contributed by atoms with Gasteiger partial charge in [-0.3, -0.25) is 0 Å². The fourth-order valence-corrected chi connectivity index (χ4v) is 1.21. The van der Waals surface area contributed by atoms with Crippen molar-refractivity contribution >= 4 is 0 Å². The van der Waals surface area contributed by atoms with Gasteiger partial charge < -0.3 is 19.7 Å². The number of aryl methyl sites for hydroxylation is 1. The SMILES string of the molecule is COCC(O)CNCc1nnc(C)n1C. The molecule has 2 N–H and O–H groups in total. The topological polar surface area (TPSA) is 72.2 Å². The van der Waals surface area contributed by atoms with Crippen LogP contribution in [0, 0.1) is 6.92 Å². The summed E-state index contributed by atoms with van der Waals surface area (Å²) in [6.07, 6.45) is -0.482. The first kappa shape index (κ1) is 12.1. The van der Waals surface area contributed by atoms with Crippen molar-refractivity contribution in [1.82, 2.24) is 20.1 Å². The van der Waals surface area contributed by atoms with Gasteiger partial charge in [-0.2, -0.15) is 0 Å². The molecular formula is C9H18N4O2. The Morgan fingerprint density at radius 1 is 1.53 bits per heavy atom. The predicted molar refractivity (Wildman–Crippen MR) is 55.3 cm³/mol. The van der Waals surface area contributed by atoms with Gasteiger partial charge >= 0.3 is 0 Å². The van der Waals surface area contributed by atoms with Gasteiger partial charge in [-0.1, -0.05) is 0 Å². The van der Waals surface area contributed by atoms with Gasteiger partial charge in [-0.15, -0.1) is 10.2 Å². The maximum atomic E-state index is 9.37. The van der Waals surface area contributed by atoms with Crippen LogP contribution in [0.2, 0.25) is 0 Å². The Morgan fingerprint density at radius 3 is 2.80 bits per heavy atom. The molecule has 0 spiro atoms. The summed E-state index contributed by atoms with van der Waals surface area (Å²) in [5.41, 5.74) is 0. The highest BCUT2D eigenvalue weighted by molar-refractivity contribution is 4.91. The minimum Gasteiger partial charge on any atom is -0.389 e. The van der Waals surface area contributed by atoms with Crippen LogP contribution in [0.3, 0.4) is 0 Å². The number of rotatable bonds is 6. The third kappa shape index (κ3) is 3.58. The standard InChI is InChI=1S/C9H18N4O2/c1-7-11-12-9(13(7)2)5-10-4-8(14)6-15-3/h8,10,14H,4-6H2,1-3H3. The molecule has 0 fully saturated rings. The number of nitrogens with zero attached hydrogens (tertiary/aromatic N) is 3. The van der Waals surface area contributed by atoms with Gasteiger partial charge in [0.25, 0.3) is 0 Å². The molecular weight excluding hydrogens is 196 g/mol. The van der Waals surface area contributed by atoms with E-state index < -0.39 is 6.10 Å². The number of aliphatic hydroxyl groups excluding tert-OH is 1. The zero-order valence-corrected chi connectivity index (χ0v) is 9.40. The van der Waals surface area contributed by atoms with Crippen LogP contribution in [0.15, 0.2) is 0 Å². The number of nitrogens with one attached hydrogen (secondary N) is 1. The van der Waals surface area contributed by atoms with Gasteiger partial charge in [0, 0.05) is 20.7 Å². The fraction of sp³-hybridized carbons (Fsp3) is 0.778. The molecule has 0 saturated heterocycles. The second-order valence-corrected chi connectivity index (χ2v) is 3.46. The lowest BCUT2D eigenvalue weighted by Gasteiger charge is -2.10. The highest BCUT2D eigenvalue weighted by atomic mass is 16.5. The van der Waals surface area contributed by atoms with Gasteiger partial charge in [0.1, 0.15) is 11.6 Å². The van der Waals surface area contributed by atoms with Gasteiger partial charge in [-0.25, -0.2) is 0 Å². The molecule has 86 valence electrons. The lowest BCUT2D eigenvalue weighted by atomic mass is 10.4. The van der Waals surface area contributed by atoms with E-state index in [1.165, 1.54) is 0 Å². The monoisotopic (exact) mass is 214 g/mol. The molecule has 1 heterocycles. The minimum absolute atomic E-state index is 0.338. The van der Waals surface area contributed by atoms with E-state index in [0.29, 0.717) is 19.7 Å². The summed E-state index contributed by atoms with van der Waals surface area (Å²) in [6, 6.07) is 0. The van der Waals surface area contributed by atoms with E-state index in [0.717, 1.165) is 11.6 Å². The average molecular weight is 214 g/mol. The molecule has 0 aromatic carbocycles. The average Bonchev–Trinajstić information content (AvgIpc) is 2.50. The van der Waals surface area contributed by atoms with Crippen molar-refractivity contribution in [3.05, 3.63) is 11.6 Å². The van der Waals surface area contributed by atoms with E-state index >= 15 is 0 Å². The molecule has 0 radical (unpaired) electrons. The van der Waals surface area contributed by atoms with Crippen LogP contribution in [0.1, 0.15) is 11.6 Å². The molecule has 6 heteroatoms. The summed E-state index contributed by atoms with van der Waals surface area (Å²) in [5, 5.41) is 20.4. The minimum atomic E-state index is -0.482. The first-order valence-electron chi connectivity index (χ1n) is 4.87. The Balaban J connectivity index is 2.29. The molecule has 0 amide bonds. The van der Waals surface area contributed by atoms with E-state index in [1.807, 2.05) is 18.5 Å². The van der Waals surface area contributed by atoms with Crippen molar-refractivity contribution < 1.29 is 9.84 Å². The van der Waals surface area contributed by atoms with Crippen molar-refractivity contribution in [2.75, 3.05) is 20.3 Å². The number of aliphatic hydroxyl groups is 1. The maximum absolute atomic E-state index is 9.37. The highest BCUT2D eigenvalue weighted by Crippen LogP contribution is 1.96. The first-order valence-corrected chi connectivity index (χ1v) is 4.87. The first-order chi connectivity index (χ1) is 7.15. The zero-order valence-electron chi connectivity index (χ0n) is 9.40. The fourth-order valence-electron chi connectivity index (χ4n) is 1.21. The summed E-state index contributed by atoms with van der Waals surface area (Å²) in [5.74, 6) is 1.74. The van der Waals surface area contributed by atoms with E-state index in [1.54, 1.807) is 7.11 Å². The molecule has 0 aliphatic carbocycles. The molecule has 15 heavy (non-hydrogen) atoms. The maximum Gasteiger partial charge on any atom is 0.146 e. The molecule has 1 aromatic rings. The van der Waals surface area contributed by atoms with Crippen LogP contribution < -0.4 is 5.32 Å². The number of hydrogen-bond acceptors (Lipinski definition) is 5. The quantitative estimate of drug-likeness (QED) is 0.650. The third-order valence-electron chi connectivity index (χ3n) is 2.20. The smallest absolute Gasteiger partial charge is 0.146 e. The molecule has 1 atom stereocenters. The van der Waals surface area contributed by atoms with Crippen LogP contribution in [-0.2, 0) is 18.3 Å². The van der Waals surface area contributed by atoms with Crippen molar-refractivity contribution in [3.8, 4) is 0 Å². The van der Waals surface area contributed by atoms with Crippen LogP contribution in [-0.4, -0.2) is 46.2 Å². The largest absolute Gasteiger partial charge is 0.389 e. The molecule has 0 bridgehead atoms. The normalized spacial score (nSPS) is 13.1. The number of aromatic nitrogens is 3. The number of hydrogen-bond donors (Lipinski definition) is 2. The van der Waals surface area contributed by atoms with Gasteiger partial charge in [0.2, 0.25) is 0 Å². The predicted octanol–water partition coefficient (Wildman–Crippen LogP) is -0.780. The molecule has 1 aromatic heterocycles. The van der Waals surface area contributed by atoms with Gasteiger partial charge in [0.15, 0.2) is 0 Å². The highest BCUT2D eigenvalue weighted by Gasteiger charge is 2.06. The molecule has 0 aliphatic heterocycles. The summed E-state index contributed by atoms with van der Waals surface area (Å²) >= 11 is 0. The molecule has 0 saturated carbocycles. The Hall–Kier alpha value is -0.980. The van der Waals surface area contributed by atoms with Crippen molar-refractivity contribution in [3.63, 3.8) is 0 Å². The summed E-state index contributed by atoms with van der Waals surface area (Å²) in [7, 11) is 3.48. The number of methoxy groups -OCH3 is 1. The van der Waals surface area contributed by atoms with Gasteiger partial charge in [0.05, 0.1) is 19.3 Å². The van der Waals surface area contributed by atoms with E-state index in [-0.39, 0.29) is 0 Å². The summed E-state index contributed by atoms with van der Waals surface area (Å²) < 4.78 is 6.72. The van der Waals surface area contributed by atoms with Gasteiger partial charge in [-0.05, 0) is 6.92 Å². The summed E-state index contributed by atoms with van der Waals surface area (Å²) in [6.45, 7) is 3.32. The second-order valence-electron chi connectivity index (χ2n) is 3.46. The van der Waals surface area contributed by atoms with Crippen molar-refractivity contribution in [2.24, 2.45) is 7.05 Å². The van der Waals surface area contributed by atoms with Crippen LogP contribution in [0.5, 0.6) is 0 Å². The summed E-state index contributed by atoms with van der Waals surface area (Å²) in [4.78, 5) is 0. The Morgan fingerprint density at radius 2 is 2.27 bits per heavy atom. The Kier molecular flexibility index (Phi) is 4.67. The van der Waals surface area contributed by atoms with Crippen molar-refractivity contribution in [1.29, 1.82) is 0 Å². The van der Waals surface area contributed by atoms with Crippen LogP contribution >= 0.6 is 0 Å². The Bertz CT molecular complexity index is 300.